The molecule has 0 atom stereocenters. The van der Waals surface area contributed by atoms with Gasteiger partial charge in [-0.1, -0.05) is 425 Å². The lowest BCUT2D eigenvalue weighted by Crippen LogP contribution is -1.47. The summed E-state index contributed by atoms with van der Waals surface area (Å²) < 4.78 is 0. The summed E-state index contributed by atoms with van der Waals surface area (Å²) in [5.41, 5.74) is 0. The first-order valence-corrected chi connectivity index (χ1v) is 24.8. The molecule has 0 heterocycles. The summed E-state index contributed by atoms with van der Waals surface area (Å²) >= 11 is 0. The highest BCUT2D eigenvalue weighted by Gasteiger charge is 1.59. The van der Waals surface area contributed by atoms with Crippen LogP contribution in [0.5, 0.6) is 0 Å². The van der Waals surface area contributed by atoms with Gasteiger partial charge in [-0.2, -0.15) is 0 Å². The molecule has 4 aromatic carbocycles. The summed E-state index contributed by atoms with van der Waals surface area (Å²) in [5.74, 6) is 0. The van der Waals surface area contributed by atoms with E-state index in [1.165, 1.54) is 12.8 Å². The van der Waals surface area contributed by atoms with Gasteiger partial charge in [-0.25, -0.2) is 0 Å². The fraction of sp³-hybridized carbons (Fsp3) is 0.625. The Bertz CT molecular complexity index is 442. The molecule has 0 fully saturated rings. The van der Waals surface area contributed by atoms with E-state index in [1.54, 1.807) is 0 Å². The Balaban J connectivity index is -0.0000000148. The van der Waals surface area contributed by atoms with Gasteiger partial charge < -0.3 is 0 Å². The molecule has 0 saturated heterocycles. The molecule has 0 saturated carbocycles. The lowest BCUT2D eigenvalue weighted by atomic mass is 10.4. The van der Waals surface area contributed by atoms with Gasteiger partial charge in [0, 0.05) is 0 Å². The number of hydrogen-bond acceptors (Lipinski definition) is 0. The number of rotatable bonds is 0. The van der Waals surface area contributed by atoms with Crippen molar-refractivity contribution >= 4 is 0 Å². The molecular formula is C64H148. The molecule has 0 aliphatic rings. The second kappa shape index (κ2) is 397. The summed E-state index contributed by atoms with van der Waals surface area (Å²) in [6.07, 6.45) is 2.50. The van der Waals surface area contributed by atoms with Crippen molar-refractivity contribution in [2.45, 2.75) is 279 Å². The van der Waals surface area contributed by atoms with Crippen molar-refractivity contribution in [3.63, 3.8) is 0 Å². The molecular weight excluding hydrogens is 769 g/mol. The van der Waals surface area contributed by atoms with Crippen LogP contribution in [0.4, 0.5) is 0 Å². The first kappa shape index (κ1) is 144. The van der Waals surface area contributed by atoms with E-state index in [4.69, 9.17) is 0 Å². The lowest BCUT2D eigenvalue weighted by Gasteiger charge is -1.69. The minimum Gasteiger partial charge on any atom is -0.0776 e. The van der Waals surface area contributed by atoms with Crippen LogP contribution in [0.1, 0.15) is 279 Å². The van der Waals surface area contributed by atoms with Crippen LogP contribution in [-0.4, -0.2) is 0 Å². The van der Waals surface area contributed by atoms with E-state index in [-0.39, 0.29) is 44.6 Å². The van der Waals surface area contributed by atoms with E-state index >= 15 is 0 Å². The highest BCUT2D eigenvalue weighted by Crippen LogP contribution is 1.81. The second-order valence-electron chi connectivity index (χ2n) is 6.03. The maximum absolute atomic E-state index is 2.12. The van der Waals surface area contributed by atoms with Gasteiger partial charge in [0.25, 0.3) is 0 Å². The van der Waals surface area contributed by atoms with Crippen LogP contribution in [0, 0.1) is 0 Å². The zero-order chi connectivity index (χ0) is 50.4. The highest BCUT2D eigenvalue weighted by molar-refractivity contribution is 5.00. The van der Waals surface area contributed by atoms with Crippen molar-refractivity contribution < 1.29 is 0 Å². The largest absolute Gasteiger partial charge is 0.0776 e. The molecule has 0 radical (unpaired) electrons. The average Bonchev–Trinajstić information content (AvgIpc) is 3.41. The minimum atomic E-state index is 0. The molecule has 0 aliphatic heterocycles. The quantitative estimate of drug-likeness (QED) is 0.165. The first-order valence-electron chi connectivity index (χ1n) is 24.8. The van der Waals surface area contributed by atoms with E-state index < -0.39 is 0 Å². The third kappa shape index (κ3) is 452. The van der Waals surface area contributed by atoms with Gasteiger partial charge in [-0.3, -0.25) is 0 Å². The second-order valence-corrected chi connectivity index (χ2v) is 6.03. The molecule has 0 spiro atoms. The van der Waals surface area contributed by atoms with E-state index in [2.05, 4.69) is 27.7 Å². The Labute approximate surface area is 422 Å². The van der Waals surface area contributed by atoms with E-state index in [9.17, 15) is 0 Å². The lowest BCUT2D eigenvalue weighted by molar-refractivity contribution is 1.09. The van der Waals surface area contributed by atoms with Crippen LogP contribution >= 0.6 is 0 Å². The smallest absolute Gasteiger partial charge is 0.0590 e. The maximum Gasteiger partial charge on any atom is -0.0590 e. The van der Waals surface area contributed by atoms with Crippen molar-refractivity contribution in [3.8, 4) is 0 Å². The Morgan fingerprint density at radius 1 is 0.125 bits per heavy atom. The molecule has 0 amide bonds. The Hall–Kier alpha value is -3.12. The molecule has 0 nitrogen and oxygen atoms in total. The Kier molecular flexibility index (Phi) is 895. The molecule has 4 rings (SSSR count). The number of benzene rings is 4. The first-order chi connectivity index (χ1) is 28.8. The van der Waals surface area contributed by atoms with Crippen LogP contribution in [0.2, 0.25) is 0 Å². The van der Waals surface area contributed by atoms with Gasteiger partial charge in [0.2, 0.25) is 0 Å². The molecule has 0 aromatic heterocycles. The van der Waals surface area contributed by atoms with Crippen LogP contribution in [0.3, 0.4) is 0 Å². The molecule has 64 heavy (non-hydrogen) atoms. The topological polar surface area (TPSA) is 0 Å². The molecule has 0 aliphatic carbocycles. The van der Waals surface area contributed by atoms with E-state index in [1.807, 2.05) is 339 Å². The van der Waals surface area contributed by atoms with E-state index in [0.29, 0.717) is 0 Å². The Morgan fingerprint density at radius 2 is 0.141 bits per heavy atom. The van der Waals surface area contributed by atoms with Crippen LogP contribution in [0.25, 0.3) is 0 Å². The zero-order valence-corrected chi connectivity index (χ0v) is 47.3. The van der Waals surface area contributed by atoms with Crippen molar-refractivity contribution in [3.05, 3.63) is 146 Å². The molecule has 4 aromatic rings. The van der Waals surface area contributed by atoms with Crippen LogP contribution < -0.4 is 0 Å². The van der Waals surface area contributed by atoms with Gasteiger partial charge in [0.15, 0.2) is 0 Å². The van der Waals surface area contributed by atoms with Gasteiger partial charge in [0.1, 0.15) is 0 Å². The third-order valence-corrected chi connectivity index (χ3v) is 2.67. The predicted octanol–water partition coefficient (Wildman–Crippen LogP) is 27.8. The van der Waals surface area contributed by atoms with Crippen molar-refractivity contribution in [2.75, 3.05) is 0 Å². The third-order valence-electron chi connectivity index (χ3n) is 2.67. The fourth-order valence-electron chi connectivity index (χ4n) is 1.54. The minimum absolute atomic E-state index is 0. The van der Waals surface area contributed by atoms with Crippen LogP contribution in [-0.2, 0) is 0 Å². The summed E-state index contributed by atoms with van der Waals surface area (Å²) in [6.45, 7) is 64.5. The standard InChI is InChI=1S/4C6H6.2C3H8.14C2H6.6CH4/c4*1-2-4-6-5-3-1;2*1-3-2;14*1-2;;;;;;/h4*1-6H;2*3H2,1-2H3;14*1-2H3;6*1H4. The molecule has 0 bridgehead atoms. The highest BCUT2D eigenvalue weighted by atomic mass is 13.7. The summed E-state index contributed by atoms with van der Waals surface area (Å²) in [5, 5.41) is 0. The summed E-state index contributed by atoms with van der Waals surface area (Å²) in [7, 11) is 0. The molecule has 0 unspecified atom stereocenters. The SMILES string of the molecule is C.C.C.C.C.C.CC.CC.CC.CC.CC.CC.CC.CC.CC.CC.CC.CC.CC.CC.CCC.CCC.c1ccccc1.c1ccccc1.c1ccccc1.c1ccccc1. The van der Waals surface area contributed by atoms with Crippen LogP contribution in [0.15, 0.2) is 146 Å². The normalized spacial score (nSPS) is 4.88. The van der Waals surface area contributed by atoms with Gasteiger partial charge >= 0.3 is 0 Å². The Morgan fingerprint density at radius 3 is 0.156 bits per heavy atom. The van der Waals surface area contributed by atoms with Crippen molar-refractivity contribution in [1.29, 1.82) is 0 Å². The van der Waals surface area contributed by atoms with Crippen molar-refractivity contribution in [1.82, 2.24) is 0 Å². The average molecular weight is 918 g/mol. The molecule has 0 N–H and O–H groups in total. The van der Waals surface area contributed by atoms with E-state index in [0.717, 1.165) is 0 Å². The van der Waals surface area contributed by atoms with Gasteiger partial charge in [-0.15, -0.1) is 0 Å². The maximum atomic E-state index is 2.12. The van der Waals surface area contributed by atoms with Gasteiger partial charge in [0.05, 0.1) is 0 Å². The number of hydrogen-bond donors (Lipinski definition) is 0. The fourth-order valence-corrected chi connectivity index (χ4v) is 1.54. The molecule has 404 valence electrons. The van der Waals surface area contributed by atoms with Crippen molar-refractivity contribution in [2.24, 2.45) is 0 Å². The predicted molar refractivity (Wildman–Crippen MR) is 337 cm³/mol. The zero-order valence-electron chi connectivity index (χ0n) is 47.3. The monoisotopic (exact) mass is 917 g/mol. The summed E-state index contributed by atoms with van der Waals surface area (Å²) in [6, 6.07) is 48.0. The molecule has 0 heteroatoms. The summed E-state index contributed by atoms with van der Waals surface area (Å²) in [4.78, 5) is 0. The van der Waals surface area contributed by atoms with Gasteiger partial charge in [-0.05, 0) is 0 Å².